The lowest BCUT2D eigenvalue weighted by Gasteiger charge is -2.10. The van der Waals surface area contributed by atoms with Gasteiger partial charge in [0.25, 0.3) is 0 Å². The molecule has 0 saturated heterocycles. The van der Waals surface area contributed by atoms with Crippen LogP contribution in [0.25, 0.3) is 0 Å². The van der Waals surface area contributed by atoms with E-state index in [0.29, 0.717) is 21.9 Å². The summed E-state index contributed by atoms with van der Waals surface area (Å²) >= 11 is 1.22. The van der Waals surface area contributed by atoms with E-state index in [4.69, 9.17) is 14.7 Å². The Hall–Kier alpha value is -2.98. The van der Waals surface area contributed by atoms with Crippen LogP contribution in [0.15, 0.2) is 53.4 Å². The Kier molecular flexibility index (Phi) is 7.06. The average molecular weight is 370 g/mol. The molecule has 0 unspecified atom stereocenters. The van der Waals surface area contributed by atoms with E-state index in [-0.39, 0.29) is 11.7 Å². The van der Waals surface area contributed by atoms with Crippen molar-refractivity contribution in [1.82, 2.24) is 0 Å². The van der Waals surface area contributed by atoms with Gasteiger partial charge in [-0.1, -0.05) is 18.2 Å². The van der Waals surface area contributed by atoms with Crippen molar-refractivity contribution in [2.45, 2.75) is 17.9 Å². The van der Waals surface area contributed by atoms with Gasteiger partial charge in [0.15, 0.2) is 6.10 Å². The maximum absolute atomic E-state index is 12.2. The summed E-state index contributed by atoms with van der Waals surface area (Å²) in [5, 5.41) is 11.5. The molecule has 0 heterocycles. The monoisotopic (exact) mass is 370 g/mol. The highest BCUT2D eigenvalue weighted by Gasteiger charge is 2.16. The molecule has 7 heteroatoms. The fourth-order valence-corrected chi connectivity index (χ4v) is 2.89. The van der Waals surface area contributed by atoms with Gasteiger partial charge in [-0.2, -0.15) is 5.26 Å². The molecule has 6 nitrogen and oxygen atoms in total. The molecule has 0 saturated carbocycles. The quantitative estimate of drug-likeness (QED) is 0.593. The number of rotatable bonds is 7. The normalized spacial score (nSPS) is 11.1. The molecule has 26 heavy (non-hydrogen) atoms. The van der Waals surface area contributed by atoms with Gasteiger partial charge < -0.3 is 14.8 Å². The van der Waals surface area contributed by atoms with Gasteiger partial charge in [-0.3, -0.25) is 4.79 Å². The minimum absolute atomic E-state index is 0.120. The lowest BCUT2D eigenvalue weighted by molar-refractivity contribution is -0.113. The zero-order chi connectivity index (χ0) is 18.9. The molecule has 1 atom stereocenters. The molecule has 0 aliphatic heterocycles. The third-order valence-corrected chi connectivity index (χ3v) is 4.36. The Morgan fingerprint density at radius 2 is 2.00 bits per heavy atom. The molecule has 2 aromatic carbocycles. The first-order chi connectivity index (χ1) is 12.5. The van der Waals surface area contributed by atoms with E-state index < -0.39 is 12.1 Å². The van der Waals surface area contributed by atoms with Crippen molar-refractivity contribution in [2.24, 2.45) is 0 Å². The maximum Gasteiger partial charge on any atom is 0.340 e. The molecule has 2 rings (SSSR count). The predicted molar refractivity (Wildman–Crippen MR) is 99.3 cm³/mol. The van der Waals surface area contributed by atoms with E-state index in [1.807, 2.05) is 6.07 Å². The summed E-state index contributed by atoms with van der Waals surface area (Å²) in [5.74, 6) is -0.0303. The zero-order valence-corrected chi connectivity index (χ0v) is 15.2. The van der Waals surface area contributed by atoms with Crippen LogP contribution in [0.2, 0.25) is 0 Å². The Balaban J connectivity index is 1.99. The van der Waals surface area contributed by atoms with Crippen molar-refractivity contribution in [3.05, 3.63) is 54.1 Å². The van der Waals surface area contributed by atoms with E-state index in [1.165, 1.54) is 18.7 Å². The van der Waals surface area contributed by atoms with Crippen molar-refractivity contribution in [3.8, 4) is 11.8 Å². The van der Waals surface area contributed by atoms with Gasteiger partial charge in [0, 0.05) is 16.6 Å². The first-order valence-electron chi connectivity index (χ1n) is 7.80. The van der Waals surface area contributed by atoms with Crippen LogP contribution in [-0.2, 0) is 9.53 Å². The van der Waals surface area contributed by atoms with Gasteiger partial charge >= 0.3 is 5.97 Å². The number of nitriles is 1. The fourth-order valence-electron chi connectivity index (χ4n) is 2.05. The van der Waals surface area contributed by atoms with Gasteiger partial charge in [-0.15, -0.1) is 11.8 Å². The Morgan fingerprint density at radius 3 is 2.73 bits per heavy atom. The minimum Gasteiger partial charge on any atom is -0.497 e. The zero-order valence-electron chi connectivity index (χ0n) is 14.4. The highest BCUT2D eigenvalue weighted by Crippen LogP contribution is 2.24. The number of benzene rings is 2. The molecule has 0 spiro atoms. The number of carbonyl (C=O) groups is 2. The van der Waals surface area contributed by atoms with E-state index >= 15 is 0 Å². The number of amides is 1. The predicted octanol–water partition coefficient (Wildman–Crippen LogP) is 3.49. The second-order valence-electron chi connectivity index (χ2n) is 5.24. The van der Waals surface area contributed by atoms with Crippen LogP contribution >= 0.6 is 11.8 Å². The number of thioether (sulfide) groups is 1. The van der Waals surface area contributed by atoms with Crippen LogP contribution in [0.3, 0.4) is 0 Å². The molecule has 0 aliphatic carbocycles. The van der Waals surface area contributed by atoms with Crippen molar-refractivity contribution in [3.63, 3.8) is 0 Å². The van der Waals surface area contributed by atoms with Crippen LogP contribution < -0.4 is 10.1 Å². The van der Waals surface area contributed by atoms with E-state index in [0.717, 1.165) is 0 Å². The number of methoxy groups -OCH3 is 1. The Bertz CT molecular complexity index is 832. The molecule has 1 N–H and O–H groups in total. The SMILES string of the molecule is COc1cccc(NC(=O)CSc2ccccc2C(=O)O[C@H](C)C#N)c1. The lowest BCUT2D eigenvalue weighted by atomic mass is 10.2. The first-order valence-corrected chi connectivity index (χ1v) is 8.78. The van der Waals surface area contributed by atoms with Crippen LogP contribution in [0.4, 0.5) is 5.69 Å². The first kappa shape index (κ1) is 19.3. The number of ether oxygens (including phenoxy) is 2. The lowest BCUT2D eigenvalue weighted by Crippen LogP contribution is -2.16. The number of carbonyl (C=O) groups excluding carboxylic acids is 2. The van der Waals surface area contributed by atoms with E-state index in [2.05, 4.69) is 5.32 Å². The number of hydrogen-bond donors (Lipinski definition) is 1. The maximum atomic E-state index is 12.2. The third kappa shape index (κ3) is 5.53. The number of nitrogens with zero attached hydrogens (tertiary/aromatic N) is 1. The van der Waals surface area contributed by atoms with Gasteiger partial charge in [-0.25, -0.2) is 4.79 Å². The number of esters is 1. The standard InChI is InChI=1S/C19H18N2O4S/c1-13(11-20)25-19(23)16-8-3-4-9-17(16)26-12-18(22)21-14-6-5-7-15(10-14)24-2/h3-10,13H,12H2,1-2H3,(H,21,22)/t13-/m1/s1. The Labute approximate surface area is 156 Å². The fraction of sp³-hybridized carbons (Fsp3) is 0.211. The van der Waals surface area contributed by atoms with E-state index in [1.54, 1.807) is 55.6 Å². The minimum atomic E-state index is -0.836. The molecule has 0 bridgehead atoms. The van der Waals surface area contributed by atoms with Crippen molar-refractivity contribution in [2.75, 3.05) is 18.2 Å². The summed E-state index contributed by atoms with van der Waals surface area (Å²) in [4.78, 5) is 24.9. The molecule has 0 fully saturated rings. The second kappa shape index (κ2) is 9.49. The van der Waals surface area contributed by atoms with Crippen LogP contribution in [0.1, 0.15) is 17.3 Å². The smallest absolute Gasteiger partial charge is 0.340 e. The Morgan fingerprint density at radius 1 is 1.23 bits per heavy atom. The van der Waals surface area contributed by atoms with Crippen molar-refractivity contribution >= 4 is 29.3 Å². The summed E-state index contributed by atoms with van der Waals surface area (Å²) in [6.07, 6.45) is -0.836. The molecule has 134 valence electrons. The summed E-state index contributed by atoms with van der Waals surface area (Å²) < 4.78 is 10.1. The molecule has 1 amide bonds. The van der Waals surface area contributed by atoms with E-state index in [9.17, 15) is 9.59 Å². The topological polar surface area (TPSA) is 88.4 Å². The number of hydrogen-bond acceptors (Lipinski definition) is 6. The van der Waals surface area contributed by atoms with Gasteiger partial charge in [0.2, 0.25) is 5.91 Å². The average Bonchev–Trinajstić information content (AvgIpc) is 2.66. The van der Waals surface area contributed by atoms with Gasteiger partial charge in [-0.05, 0) is 31.2 Å². The van der Waals surface area contributed by atoms with Crippen LogP contribution in [0.5, 0.6) is 5.75 Å². The summed E-state index contributed by atoms with van der Waals surface area (Å²) in [6, 6.07) is 15.7. The van der Waals surface area contributed by atoms with Gasteiger partial charge in [0.05, 0.1) is 18.4 Å². The van der Waals surface area contributed by atoms with Crippen LogP contribution in [0, 0.1) is 11.3 Å². The van der Waals surface area contributed by atoms with Crippen molar-refractivity contribution in [1.29, 1.82) is 5.26 Å². The summed E-state index contributed by atoms with van der Waals surface area (Å²) in [7, 11) is 1.56. The third-order valence-electron chi connectivity index (χ3n) is 3.28. The second-order valence-corrected chi connectivity index (χ2v) is 6.26. The molecule has 2 aromatic rings. The highest BCUT2D eigenvalue weighted by molar-refractivity contribution is 8.00. The van der Waals surface area contributed by atoms with Gasteiger partial charge in [0.1, 0.15) is 11.8 Å². The molecule has 0 radical (unpaired) electrons. The largest absolute Gasteiger partial charge is 0.497 e. The highest BCUT2D eigenvalue weighted by atomic mass is 32.2. The molecule has 0 aliphatic rings. The number of anilines is 1. The van der Waals surface area contributed by atoms with Crippen LogP contribution in [-0.4, -0.2) is 30.8 Å². The summed E-state index contributed by atoms with van der Waals surface area (Å²) in [5.41, 5.74) is 0.958. The summed E-state index contributed by atoms with van der Waals surface area (Å²) in [6.45, 7) is 1.50. The number of nitrogens with one attached hydrogen (secondary N) is 1. The molecule has 0 aromatic heterocycles. The molecular formula is C19H18N2O4S. The molecular weight excluding hydrogens is 352 g/mol. The van der Waals surface area contributed by atoms with Crippen molar-refractivity contribution < 1.29 is 19.1 Å².